The number of nitrogens with one attached hydrogen (secondary N) is 1. The summed E-state index contributed by atoms with van der Waals surface area (Å²) in [6, 6.07) is 13.4. The molecule has 0 radical (unpaired) electrons. The Labute approximate surface area is 140 Å². The van der Waals surface area contributed by atoms with Gasteiger partial charge in [-0.05, 0) is 22.8 Å². The molecule has 1 aliphatic rings. The van der Waals surface area contributed by atoms with Crippen LogP contribution < -0.4 is 5.32 Å². The molecule has 3 rings (SSSR count). The quantitative estimate of drug-likeness (QED) is 0.854. The molecule has 1 amide bonds. The fraction of sp³-hybridized carbons (Fsp3) is 0.368. The first kappa shape index (κ1) is 16.5. The van der Waals surface area contributed by atoms with Crippen LogP contribution in [-0.2, 0) is 25.5 Å². The summed E-state index contributed by atoms with van der Waals surface area (Å²) in [6.07, 6.45) is 1.09. The molecule has 5 nitrogen and oxygen atoms in total. The predicted molar refractivity (Wildman–Crippen MR) is 90.5 cm³/mol. The highest BCUT2D eigenvalue weighted by Gasteiger charge is 2.28. The van der Waals surface area contributed by atoms with E-state index in [0.29, 0.717) is 26.1 Å². The normalized spacial score (nSPS) is 18.3. The van der Waals surface area contributed by atoms with Gasteiger partial charge in [-0.3, -0.25) is 4.79 Å². The van der Waals surface area contributed by atoms with Crippen LogP contribution in [0.25, 0.3) is 10.8 Å². The fourth-order valence-electron chi connectivity index (χ4n) is 2.97. The first-order chi connectivity index (χ1) is 11.7. The number of benzene rings is 2. The van der Waals surface area contributed by atoms with E-state index in [1.54, 1.807) is 0 Å². The van der Waals surface area contributed by atoms with Crippen molar-refractivity contribution in [1.29, 1.82) is 0 Å². The molecule has 1 saturated heterocycles. The van der Waals surface area contributed by atoms with Gasteiger partial charge < -0.3 is 14.8 Å². The Kier molecular flexibility index (Phi) is 5.11. The van der Waals surface area contributed by atoms with Crippen molar-refractivity contribution >= 4 is 22.6 Å². The smallest absolute Gasteiger partial charge is 0.328 e. The maximum atomic E-state index is 12.3. The van der Waals surface area contributed by atoms with E-state index in [-0.39, 0.29) is 11.8 Å². The second kappa shape index (κ2) is 7.45. The summed E-state index contributed by atoms with van der Waals surface area (Å²) in [4.78, 5) is 24.3. The van der Waals surface area contributed by atoms with Crippen LogP contribution in [0.4, 0.5) is 0 Å². The van der Waals surface area contributed by atoms with Crippen LogP contribution >= 0.6 is 0 Å². The molecule has 0 saturated carbocycles. The topological polar surface area (TPSA) is 64.6 Å². The number of carbonyl (C=O) groups excluding carboxylic acids is 2. The van der Waals surface area contributed by atoms with Crippen molar-refractivity contribution in [3.8, 4) is 0 Å². The molecule has 0 unspecified atom stereocenters. The molecule has 0 aromatic heterocycles. The highest BCUT2D eigenvalue weighted by Crippen LogP contribution is 2.18. The zero-order chi connectivity index (χ0) is 16.9. The minimum Gasteiger partial charge on any atom is -0.467 e. The molecule has 2 aromatic rings. The van der Waals surface area contributed by atoms with E-state index in [1.807, 2.05) is 42.5 Å². The third-order valence-electron chi connectivity index (χ3n) is 4.36. The van der Waals surface area contributed by atoms with Crippen molar-refractivity contribution < 1.29 is 19.1 Å². The zero-order valence-corrected chi connectivity index (χ0v) is 13.7. The summed E-state index contributed by atoms with van der Waals surface area (Å²) in [6.45, 7) is 1.00. The molecule has 0 bridgehead atoms. The summed E-state index contributed by atoms with van der Waals surface area (Å²) in [5.74, 6) is -0.770. The van der Waals surface area contributed by atoms with E-state index >= 15 is 0 Å². The molecule has 2 atom stereocenters. The van der Waals surface area contributed by atoms with Crippen LogP contribution in [0.15, 0.2) is 42.5 Å². The van der Waals surface area contributed by atoms with Crippen molar-refractivity contribution in [3.63, 3.8) is 0 Å². The first-order valence-electron chi connectivity index (χ1n) is 8.11. The van der Waals surface area contributed by atoms with E-state index in [0.717, 1.165) is 16.3 Å². The highest BCUT2D eigenvalue weighted by molar-refractivity contribution is 5.87. The van der Waals surface area contributed by atoms with Crippen molar-refractivity contribution in [2.45, 2.75) is 18.9 Å². The second-order valence-corrected chi connectivity index (χ2v) is 6.03. The first-order valence-corrected chi connectivity index (χ1v) is 8.11. The summed E-state index contributed by atoms with van der Waals surface area (Å²) < 4.78 is 10.1. The van der Waals surface area contributed by atoms with Gasteiger partial charge in [-0.2, -0.15) is 0 Å². The average molecular weight is 327 g/mol. The molecule has 0 aliphatic carbocycles. The van der Waals surface area contributed by atoms with Crippen LogP contribution in [0.3, 0.4) is 0 Å². The number of ether oxygens (including phenoxy) is 2. The maximum absolute atomic E-state index is 12.3. The number of hydrogen-bond acceptors (Lipinski definition) is 4. The van der Waals surface area contributed by atoms with Gasteiger partial charge >= 0.3 is 5.97 Å². The minimum atomic E-state index is -0.690. The van der Waals surface area contributed by atoms with Crippen LogP contribution in [-0.4, -0.2) is 38.2 Å². The number of hydrogen-bond donors (Lipinski definition) is 1. The highest BCUT2D eigenvalue weighted by atomic mass is 16.5. The van der Waals surface area contributed by atoms with Crippen molar-refractivity contribution in [3.05, 3.63) is 48.0 Å². The van der Waals surface area contributed by atoms with E-state index in [1.165, 1.54) is 7.11 Å². The van der Waals surface area contributed by atoms with E-state index < -0.39 is 12.0 Å². The van der Waals surface area contributed by atoms with E-state index in [4.69, 9.17) is 9.47 Å². The number of methoxy groups -OCH3 is 1. The molecular weight excluding hydrogens is 306 g/mol. The lowest BCUT2D eigenvalue weighted by molar-refractivity contribution is -0.145. The van der Waals surface area contributed by atoms with Crippen LogP contribution in [0, 0.1) is 5.92 Å². The molecular formula is C19H21NO4. The molecule has 0 spiro atoms. The van der Waals surface area contributed by atoms with E-state index in [2.05, 4.69) is 5.32 Å². The Morgan fingerprint density at radius 1 is 1.25 bits per heavy atom. The third kappa shape index (κ3) is 3.74. The lowest BCUT2D eigenvalue weighted by Gasteiger charge is -2.18. The van der Waals surface area contributed by atoms with Gasteiger partial charge in [-0.1, -0.05) is 42.5 Å². The summed E-state index contributed by atoms with van der Waals surface area (Å²) >= 11 is 0. The second-order valence-electron chi connectivity index (χ2n) is 6.03. The van der Waals surface area contributed by atoms with Crippen LogP contribution in [0.1, 0.15) is 12.0 Å². The molecule has 2 aromatic carbocycles. The predicted octanol–water partition coefficient (Wildman–Crippen LogP) is 2.08. The van der Waals surface area contributed by atoms with Gasteiger partial charge in [-0.25, -0.2) is 4.79 Å². The minimum absolute atomic E-state index is 0.149. The summed E-state index contributed by atoms with van der Waals surface area (Å²) in [7, 11) is 1.33. The number of amides is 1. The van der Waals surface area contributed by atoms with Gasteiger partial charge in [0.25, 0.3) is 0 Å². The Bertz CT molecular complexity index is 737. The Morgan fingerprint density at radius 2 is 2.04 bits per heavy atom. The molecule has 1 N–H and O–H groups in total. The third-order valence-corrected chi connectivity index (χ3v) is 4.36. The molecule has 24 heavy (non-hydrogen) atoms. The van der Waals surface area contributed by atoms with Crippen LogP contribution in [0.2, 0.25) is 0 Å². The van der Waals surface area contributed by atoms with Crippen molar-refractivity contribution in [2.24, 2.45) is 5.92 Å². The van der Waals surface area contributed by atoms with Crippen molar-refractivity contribution in [2.75, 3.05) is 20.3 Å². The molecule has 1 aliphatic heterocycles. The zero-order valence-electron chi connectivity index (χ0n) is 13.7. The monoisotopic (exact) mass is 327 g/mol. The lowest BCUT2D eigenvalue weighted by Crippen LogP contribution is -2.45. The summed E-state index contributed by atoms with van der Waals surface area (Å²) in [5, 5.41) is 5.06. The van der Waals surface area contributed by atoms with Gasteiger partial charge in [0.05, 0.1) is 19.6 Å². The maximum Gasteiger partial charge on any atom is 0.328 e. The number of esters is 1. The van der Waals surface area contributed by atoms with Crippen molar-refractivity contribution in [1.82, 2.24) is 5.32 Å². The SMILES string of the molecule is COC(=O)[C@@H](Cc1ccc2ccccc2c1)NC(=O)[C@@H]1CCOC1. The van der Waals surface area contributed by atoms with E-state index in [9.17, 15) is 9.59 Å². The summed E-state index contributed by atoms with van der Waals surface area (Å²) in [5.41, 5.74) is 0.979. The molecule has 126 valence electrons. The molecule has 1 heterocycles. The largest absolute Gasteiger partial charge is 0.467 e. The average Bonchev–Trinajstić information content (AvgIpc) is 3.15. The Morgan fingerprint density at radius 3 is 2.75 bits per heavy atom. The van der Waals surface area contributed by atoms with Gasteiger partial charge in [-0.15, -0.1) is 0 Å². The fourth-order valence-corrected chi connectivity index (χ4v) is 2.97. The Hall–Kier alpha value is -2.40. The van der Waals surface area contributed by atoms with Crippen LogP contribution in [0.5, 0.6) is 0 Å². The Balaban J connectivity index is 1.75. The van der Waals surface area contributed by atoms with Gasteiger partial charge in [0.15, 0.2) is 0 Å². The molecule has 1 fully saturated rings. The van der Waals surface area contributed by atoms with Gasteiger partial charge in [0.2, 0.25) is 5.91 Å². The standard InChI is InChI=1S/C19H21NO4/c1-23-19(22)17(20-18(21)16-8-9-24-12-16)11-13-6-7-14-4-2-3-5-15(14)10-13/h2-7,10,16-17H,8-9,11-12H2,1H3,(H,20,21)/t16-,17-/m1/s1. The number of fused-ring (bicyclic) bond motifs is 1. The lowest BCUT2D eigenvalue weighted by atomic mass is 10.0. The van der Waals surface area contributed by atoms with Gasteiger partial charge in [0.1, 0.15) is 6.04 Å². The number of carbonyl (C=O) groups is 2. The van der Waals surface area contributed by atoms with Gasteiger partial charge in [0, 0.05) is 13.0 Å². The molecule has 5 heteroatoms. The number of rotatable bonds is 5.